The predicted molar refractivity (Wildman–Crippen MR) is 96.7 cm³/mol. The SMILES string of the molecule is O=C(CCn1ccc(C(=O)O)n1)Nc1cnn(COc2ccc(F)cc2Cl)c1. The summed E-state index contributed by atoms with van der Waals surface area (Å²) in [6.45, 7) is 0.256. The summed E-state index contributed by atoms with van der Waals surface area (Å²) in [6.07, 6.45) is 4.61. The van der Waals surface area contributed by atoms with Gasteiger partial charge in [0.1, 0.15) is 11.6 Å². The molecular weight excluding hydrogens is 393 g/mol. The zero-order valence-corrected chi connectivity index (χ0v) is 15.1. The molecule has 3 aromatic rings. The van der Waals surface area contributed by atoms with E-state index in [-0.39, 0.29) is 36.3 Å². The minimum Gasteiger partial charge on any atom is -0.476 e. The van der Waals surface area contributed by atoms with Crippen molar-refractivity contribution in [1.82, 2.24) is 19.6 Å². The molecule has 0 spiro atoms. The minimum absolute atomic E-state index is 0.0203. The first-order valence-corrected chi connectivity index (χ1v) is 8.45. The number of aromatic carboxylic acids is 1. The Labute approximate surface area is 163 Å². The molecule has 1 aromatic carbocycles. The maximum atomic E-state index is 13.0. The number of ether oxygens (including phenoxy) is 1. The Hall–Kier alpha value is -3.40. The Bertz CT molecular complexity index is 1000. The molecule has 0 unspecified atom stereocenters. The molecule has 0 aliphatic heterocycles. The zero-order valence-electron chi connectivity index (χ0n) is 14.4. The Morgan fingerprint density at radius 1 is 1.29 bits per heavy atom. The van der Waals surface area contributed by atoms with Crippen molar-refractivity contribution in [2.24, 2.45) is 0 Å². The standard InChI is InChI=1S/C17H15ClFN5O4/c18-13-7-11(19)1-2-15(13)28-10-24-9-12(8-20-24)21-16(25)4-6-23-5-3-14(22-23)17(26)27/h1-3,5,7-9H,4,6,10H2,(H,21,25)(H,26,27). The lowest BCUT2D eigenvalue weighted by molar-refractivity contribution is -0.116. The van der Waals surface area contributed by atoms with Gasteiger partial charge in [-0.3, -0.25) is 9.48 Å². The average Bonchev–Trinajstić information content (AvgIpc) is 3.29. The topological polar surface area (TPSA) is 111 Å². The number of carboxylic acid groups (broad SMARTS) is 1. The van der Waals surface area contributed by atoms with E-state index >= 15 is 0 Å². The normalized spacial score (nSPS) is 10.6. The van der Waals surface area contributed by atoms with Crippen molar-refractivity contribution in [2.45, 2.75) is 19.7 Å². The van der Waals surface area contributed by atoms with E-state index in [0.717, 1.165) is 6.07 Å². The number of nitrogens with zero attached hydrogens (tertiary/aromatic N) is 4. The van der Waals surface area contributed by atoms with Gasteiger partial charge in [-0.2, -0.15) is 10.2 Å². The first-order chi connectivity index (χ1) is 13.4. The number of aryl methyl sites for hydroxylation is 1. The summed E-state index contributed by atoms with van der Waals surface area (Å²) in [4.78, 5) is 22.8. The number of nitrogens with one attached hydrogen (secondary N) is 1. The third-order valence-electron chi connectivity index (χ3n) is 3.59. The number of aromatic nitrogens is 4. The summed E-state index contributed by atoms with van der Waals surface area (Å²) in [6, 6.07) is 5.15. The first-order valence-electron chi connectivity index (χ1n) is 8.07. The maximum Gasteiger partial charge on any atom is 0.356 e. The number of hydrogen-bond acceptors (Lipinski definition) is 5. The van der Waals surface area contributed by atoms with Crippen LogP contribution in [0.5, 0.6) is 5.75 Å². The van der Waals surface area contributed by atoms with Crippen LogP contribution in [0, 0.1) is 5.82 Å². The number of hydrogen-bond donors (Lipinski definition) is 2. The van der Waals surface area contributed by atoms with Crippen LogP contribution in [0.25, 0.3) is 0 Å². The van der Waals surface area contributed by atoms with Gasteiger partial charge in [-0.1, -0.05) is 11.6 Å². The van der Waals surface area contributed by atoms with Crippen LogP contribution in [0.15, 0.2) is 42.9 Å². The predicted octanol–water partition coefficient (Wildman–Crippen LogP) is 2.64. The monoisotopic (exact) mass is 407 g/mol. The van der Waals surface area contributed by atoms with Gasteiger partial charge in [0, 0.05) is 19.2 Å². The fraction of sp³-hybridized carbons (Fsp3) is 0.176. The van der Waals surface area contributed by atoms with E-state index in [2.05, 4.69) is 15.5 Å². The van der Waals surface area contributed by atoms with Gasteiger partial charge < -0.3 is 15.2 Å². The second-order valence-electron chi connectivity index (χ2n) is 5.68. The number of amides is 1. The molecule has 28 heavy (non-hydrogen) atoms. The van der Waals surface area contributed by atoms with Crippen LogP contribution in [-0.2, 0) is 18.1 Å². The number of carboxylic acids is 1. The Balaban J connectivity index is 1.48. The van der Waals surface area contributed by atoms with Crippen molar-refractivity contribution in [3.05, 3.63) is 59.4 Å². The molecular formula is C17H15ClFN5O4. The van der Waals surface area contributed by atoms with Crippen LogP contribution in [0.2, 0.25) is 5.02 Å². The van der Waals surface area contributed by atoms with Gasteiger partial charge in [-0.05, 0) is 24.3 Å². The second-order valence-corrected chi connectivity index (χ2v) is 6.09. The molecule has 146 valence electrons. The molecule has 11 heteroatoms. The van der Waals surface area contributed by atoms with E-state index in [9.17, 15) is 14.0 Å². The van der Waals surface area contributed by atoms with Gasteiger partial charge in [0.25, 0.3) is 0 Å². The number of halogens is 2. The van der Waals surface area contributed by atoms with E-state index < -0.39 is 11.8 Å². The lowest BCUT2D eigenvalue weighted by Gasteiger charge is -2.07. The molecule has 1 amide bonds. The highest BCUT2D eigenvalue weighted by Crippen LogP contribution is 2.25. The molecule has 0 saturated carbocycles. The molecule has 0 aliphatic rings. The van der Waals surface area contributed by atoms with E-state index in [1.54, 1.807) is 6.20 Å². The summed E-state index contributed by atoms with van der Waals surface area (Å²) in [5, 5.41) is 19.5. The maximum absolute atomic E-state index is 13.0. The minimum atomic E-state index is -1.13. The Morgan fingerprint density at radius 3 is 2.82 bits per heavy atom. The van der Waals surface area contributed by atoms with Crippen molar-refractivity contribution >= 4 is 29.2 Å². The van der Waals surface area contributed by atoms with Crippen LogP contribution in [0.3, 0.4) is 0 Å². The highest BCUT2D eigenvalue weighted by atomic mass is 35.5. The summed E-state index contributed by atoms with van der Waals surface area (Å²) >= 11 is 5.88. The average molecular weight is 408 g/mol. The van der Waals surface area contributed by atoms with Crippen LogP contribution >= 0.6 is 11.6 Å². The van der Waals surface area contributed by atoms with Crippen molar-refractivity contribution in [1.29, 1.82) is 0 Å². The number of carbonyl (C=O) groups excluding carboxylic acids is 1. The second kappa shape index (κ2) is 8.53. The van der Waals surface area contributed by atoms with Gasteiger partial charge in [0.2, 0.25) is 5.91 Å². The first kappa shape index (κ1) is 19.4. The largest absolute Gasteiger partial charge is 0.476 e. The third-order valence-corrected chi connectivity index (χ3v) is 3.89. The van der Waals surface area contributed by atoms with E-state index in [4.69, 9.17) is 21.4 Å². The van der Waals surface area contributed by atoms with Gasteiger partial charge in [-0.25, -0.2) is 13.9 Å². The number of benzene rings is 1. The molecule has 3 rings (SSSR count). The summed E-state index contributed by atoms with van der Waals surface area (Å²) in [7, 11) is 0. The molecule has 0 fully saturated rings. The lowest BCUT2D eigenvalue weighted by atomic mass is 10.3. The summed E-state index contributed by atoms with van der Waals surface area (Å²) < 4.78 is 21.3. The number of carbonyl (C=O) groups is 2. The molecule has 2 N–H and O–H groups in total. The molecule has 9 nitrogen and oxygen atoms in total. The molecule has 0 bridgehead atoms. The van der Waals surface area contributed by atoms with Gasteiger partial charge in [0.15, 0.2) is 12.4 Å². The van der Waals surface area contributed by atoms with Gasteiger partial charge in [0.05, 0.1) is 23.1 Å². The smallest absolute Gasteiger partial charge is 0.356 e. The van der Waals surface area contributed by atoms with E-state index in [1.165, 1.54) is 40.0 Å². The summed E-state index contributed by atoms with van der Waals surface area (Å²) in [5.41, 5.74) is 0.383. The Morgan fingerprint density at radius 2 is 2.11 bits per heavy atom. The van der Waals surface area contributed by atoms with Crippen LogP contribution < -0.4 is 10.1 Å². The molecule has 0 atom stereocenters. The van der Waals surface area contributed by atoms with Crippen molar-refractivity contribution in [2.75, 3.05) is 5.32 Å². The van der Waals surface area contributed by atoms with Crippen molar-refractivity contribution < 1.29 is 23.8 Å². The quantitative estimate of drug-likeness (QED) is 0.593. The van der Waals surface area contributed by atoms with Crippen LogP contribution in [0.1, 0.15) is 16.9 Å². The highest BCUT2D eigenvalue weighted by Gasteiger charge is 2.09. The molecule has 0 aliphatic carbocycles. The molecule has 2 heterocycles. The van der Waals surface area contributed by atoms with E-state index in [0.29, 0.717) is 11.4 Å². The lowest BCUT2D eigenvalue weighted by Crippen LogP contribution is -2.15. The van der Waals surface area contributed by atoms with Crippen molar-refractivity contribution in [3.8, 4) is 5.75 Å². The van der Waals surface area contributed by atoms with Crippen LogP contribution in [-0.4, -0.2) is 36.5 Å². The third kappa shape index (κ3) is 5.07. The van der Waals surface area contributed by atoms with Gasteiger partial charge >= 0.3 is 5.97 Å². The fourth-order valence-electron chi connectivity index (χ4n) is 2.27. The van der Waals surface area contributed by atoms with Crippen LogP contribution in [0.4, 0.5) is 10.1 Å². The summed E-state index contributed by atoms with van der Waals surface area (Å²) in [5.74, 6) is -1.56. The number of rotatable bonds is 8. The highest BCUT2D eigenvalue weighted by molar-refractivity contribution is 6.32. The van der Waals surface area contributed by atoms with Crippen molar-refractivity contribution in [3.63, 3.8) is 0 Å². The molecule has 2 aromatic heterocycles. The molecule has 0 saturated heterocycles. The van der Waals surface area contributed by atoms with Gasteiger partial charge in [-0.15, -0.1) is 0 Å². The zero-order chi connectivity index (χ0) is 20.1. The number of anilines is 1. The molecule has 0 radical (unpaired) electrons. The Kier molecular flexibility index (Phi) is 5.90. The van der Waals surface area contributed by atoms with E-state index in [1.807, 2.05) is 0 Å². The fourth-order valence-corrected chi connectivity index (χ4v) is 2.49.